The Morgan fingerprint density at radius 1 is 1.12 bits per heavy atom. The number of benzene rings is 2. The summed E-state index contributed by atoms with van der Waals surface area (Å²) in [5.41, 5.74) is 6.22. The molecule has 3 heterocycles. The van der Waals surface area contributed by atoms with Gasteiger partial charge in [0.1, 0.15) is 6.04 Å². The van der Waals surface area contributed by atoms with Crippen molar-refractivity contribution in [2.45, 2.75) is 39.4 Å². The van der Waals surface area contributed by atoms with Crippen molar-refractivity contribution in [2.24, 2.45) is 0 Å². The Hall–Kier alpha value is -3.36. The zero-order chi connectivity index (χ0) is 22.9. The molecule has 0 amide bonds. The van der Waals surface area contributed by atoms with Crippen LogP contribution in [0.4, 0.5) is 0 Å². The number of aromatic amines is 1. The van der Waals surface area contributed by atoms with Crippen molar-refractivity contribution >= 4 is 10.9 Å². The number of nitrogens with one attached hydrogen (secondary N) is 1. The fourth-order valence-electron chi connectivity index (χ4n) is 4.78. The minimum absolute atomic E-state index is 0.110. The number of H-pyrrole nitrogens is 1. The van der Waals surface area contributed by atoms with Gasteiger partial charge in [-0.1, -0.05) is 36.4 Å². The highest BCUT2D eigenvalue weighted by Gasteiger charge is 2.32. The fraction of sp³-hybridized carbons (Fsp3) is 0.360. The van der Waals surface area contributed by atoms with Crippen LogP contribution in [0.5, 0.6) is 0 Å². The lowest BCUT2D eigenvalue weighted by atomic mass is 9.95. The lowest BCUT2D eigenvalue weighted by molar-refractivity contribution is 0.169. The number of rotatable bonds is 6. The number of pyridine rings is 1. The minimum atomic E-state index is -0.377. The van der Waals surface area contributed by atoms with E-state index in [1.54, 1.807) is 11.8 Å². The molecule has 1 aliphatic heterocycles. The highest BCUT2D eigenvalue weighted by molar-refractivity contribution is 5.85. The Bertz CT molecular complexity index is 1360. The molecule has 170 valence electrons. The number of hydrogen-bond acceptors (Lipinski definition) is 6. The van der Waals surface area contributed by atoms with Gasteiger partial charge in [-0.15, -0.1) is 5.10 Å². The number of aromatic nitrogens is 5. The highest BCUT2D eigenvalue weighted by Crippen LogP contribution is 2.32. The number of aryl methyl sites for hydroxylation is 2. The quantitative estimate of drug-likeness (QED) is 0.492. The van der Waals surface area contributed by atoms with Crippen molar-refractivity contribution in [3.8, 4) is 0 Å². The maximum Gasteiger partial charge on any atom is 0.253 e. The third kappa shape index (κ3) is 3.96. The first-order valence-electron chi connectivity index (χ1n) is 11.3. The smallest absolute Gasteiger partial charge is 0.253 e. The second kappa shape index (κ2) is 8.88. The molecule has 0 aliphatic carbocycles. The second-order valence-electron chi connectivity index (χ2n) is 8.69. The molecule has 0 saturated carbocycles. The van der Waals surface area contributed by atoms with Crippen LogP contribution in [0, 0.1) is 13.8 Å². The largest absolute Gasteiger partial charge is 0.383 e. The SMILES string of the molecule is COCCn1nnnc1[C@H](c1cc2c(C)ccc(C)c2[nH]c1=O)N1CCc2ccccc2C1. The Kier molecular flexibility index (Phi) is 5.78. The van der Waals surface area contributed by atoms with Crippen molar-refractivity contribution in [3.63, 3.8) is 0 Å². The van der Waals surface area contributed by atoms with Crippen molar-refractivity contribution in [3.05, 3.63) is 86.5 Å². The molecular weight excluding hydrogens is 416 g/mol. The van der Waals surface area contributed by atoms with E-state index in [9.17, 15) is 4.79 Å². The standard InChI is InChI=1S/C25H28N6O2/c1-16-8-9-17(2)22-20(16)14-21(25(32)26-22)23(24-27-28-29-31(24)12-13-33-3)30-11-10-18-6-4-5-7-19(18)15-30/h4-9,14,23H,10-13,15H2,1-3H3,(H,26,32)/t23-/m0/s1. The van der Waals surface area contributed by atoms with E-state index in [0.717, 1.165) is 41.5 Å². The van der Waals surface area contributed by atoms with E-state index in [0.29, 0.717) is 24.5 Å². The topological polar surface area (TPSA) is 88.9 Å². The van der Waals surface area contributed by atoms with Gasteiger partial charge < -0.3 is 9.72 Å². The predicted octanol–water partition coefficient (Wildman–Crippen LogP) is 2.93. The summed E-state index contributed by atoms with van der Waals surface area (Å²) < 4.78 is 7.01. The summed E-state index contributed by atoms with van der Waals surface area (Å²) in [4.78, 5) is 18.9. The molecule has 0 unspecified atom stereocenters. The maximum atomic E-state index is 13.5. The molecule has 4 aromatic rings. The highest BCUT2D eigenvalue weighted by atomic mass is 16.5. The Morgan fingerprint density at radius 2 is 1.91 bits per heavy atom. The Morgan fingerprint density at radius 3 is 2.73 bits per heavy atom. The van der Waals surface area contributed by atoms with E-state index in [2.05, 4.69) is 62.7 Å². The van der Waals surface area contributed by atoms with Crippen LogP contribution in [0.25, 0.3) is 10.9 Å². The third-order valence-corrected chi connectivity index (χ3v) is 6.60. The minimum Gasteiger partial charge on any atom is -0.383 e. The van der Waals surface area contributed by atoms with Gasteiger partial charge in [0, 0.05) is 31.1 Å². The zero-order valence-electron chi connectivity index (χ0n) is 19.2. The molecule has 0 spiro atoms. The van der Waals surface area contributed by atoms with Crippen LogP contribution in [0.1, 0.15) is 39.7 Å². The molecule has 0 fully saturated rings. The number of ether oxygens (including phenoxy) is 1. The van der Waals surface area contributed by atoms with Crippen LogP contribution in [0.3, 0.4) is 0 Å². The number of fused-ring (bicyclic) bond motifs is 2. The molecule has 2 aromatic heterocycles. The van der Waals surface area contributed by atoms with Gasteiger partial charge in [-0.25, -0.2) is 4.68 Å². The van der Waals surface area contributed by atoms with Gasteiger partial charge in [-0.05, 0) is 59.0 Å². The number of hydrogen-bond donors (Lipinski definition) is 1. The van der Waals surface area contributed by atoms with Crippen molar-refractivity contribution in [1.82, 2.24) is 30.1 Å². The Balaban J connectivity index is 1.67. The summed E-state index contributed by atoms with van der Waals surface area (Å²) in [5.74, 6) is 0.654. The molecule has 0 radical (unpaired) electrons. The molecule has 0 bridgehead atoms. The third-order valence-electron chi connectivity index (χ3n) is 6.60. The molecule has 2 aromatic carbocycles. The molecule has 1 atom stereocenters. The van der Waals surface area contributed by atoms with Gasteiger partial charge in [-0.3, -0.25) is 9.69 Å². The van der Waals surface area contributed by atoms with E-state index >= 15 is 0 Å². The zero-order valence-corrected chi connectivity index (χ0v) is 19.2. The summed E-state index contributed by atoms with van der Waals surface area (Å²) in [7, 11) is 1.65. The van der Waals surface area contributed by atoms with Gasteiger partial charge in [0.2, 0.25) is 0 Å². The van der Waals surface area contributed by atoms with E-state index in [4.69, 9.17) is 4.74 Å². The van der Waals surface area contributed by atoms with Crippen LogP contribution in [0.15, 0.2) is 47.3 Å². The predicted molar refractivity (Wildman–Crippen MR) is 126 cm³/mol. The van der Waals surface area contributed by atoms with Gasteiger partial charge in [-0.2, -0.15) is 0 Å². The number of tetrazole rings is 1. The van der Waals surface area contributed by atoms with Gasteiger partial charge >= 0.3 is 0 Å². The van der Waals surface area contributed by atoms with Crippen molar-refractivity contribution < 1.29 is 4.74 Å². The van der Waals surface area contributed by atoms with Crippen LogP contribution >= 0.6 is 0 Å². The average Bonchev–Trinajstić information content (AvgIpc) is 3.29. The number of nitrogens with zero attached hydrogens (tertiary/aromatic N) is 5. The maximum absolute atomic E-state index is 13.5. The van der Waals surface area contributed by atoms with Crippen LogP contribution in [0.2, 0.25) is 0 Å². The first-order chi connectivity index (χ1) is 16.1. The summed E-state index contributed by atoms with van der Waals surface area (Å²) in [6.45, 7) is 6.62. The average molecular weight is 445 g/mol. The molecule has 8 nitrogen and oxygen atoms in total. The Labute approximate surface area is 192 Å². The summed E-state index contributed by atoms with van der Waals surface area (Å²) in [5, 5.41) is 13.6. The van der Waals surface area contributed by atoms with E-state index < -0.39 is 0 Å². The molecule has 5 rings (SSSR count). The van der Waals surface area contributed by atoms with Crippen molar-refractivity contribution in [2.75, 3.05) is 20.3 Å². The van der Waals surface area contributed by atoms with Gasteiger partial charge in [0.05, 0.1) is 18.7 Å². The van der Waals surface area contributed by atoms with Gasteiger partial charge in [0.25, 0.3) is 5.56 Å². The van der Waals surface area contributed by atoms with Crippen LogP contribution < -0.4 is 5.56 Å². The first-order valence-corrected chi connectivity index (χ1v) is 11.3. The second-order valence-corrected chi connectivity index (χ2v) is 8.69. The summed E-state index contributed by atoms with van der Waals surface area (Å²) in [6.07, 6.45) is 0.913. The normalized spacial score (nSPS) is 15.0. The molecule has 1 aliphatic rings. The van der Waals surface area contributed by atoms with E-state index in [1.165, 1.54) is 11.1 Å². The monoisotopic (exact) mass is 444 g/mol. The molecule has 33 heavy (non-hydrogen) atoms. The molecular formula is C25H28N6O2. The summed E-state index contributed by atoms with van der Waals surface area (Å²) in [6, 6.07) is 14.3. The summed E-state index contributed by atoms with van der Waals surface area (Å²) >= 11 is 0. The van der Waals surface area contributed by atoms with Crippen LogP contribution in [-0.2, 0) is 24.2 Å². The molecule has 0 saturated heterocycles. The molecule has 8 heteroatoms. The van der Waals surface area contributed by atoms with E-state index in [1.807, 2.05) is 19.1 Å². The van der Waals surface area contributed by atoms with Crippen molar-refractivity contribution in [1.29, 1.82) is 0 Å². The first kappa shape index (κ1) is 21.5. The lowest BCUT2D eigenvalue weighted by Crippen LogP contribution is -2.38. The number of methoxy groups -OCH3 is 1. The lowest BCUT2D eigenvalue weighted by Gasteiger charge is -2.34. The fourth-order valence-corrected chi connectivity index (χ4v) is 4.78. The van der Waals surface area contributed by atoms with Crippen LogP contribution in [-0.4, -0.2) is 50.4 Å². The van der Waals surface area contributed by atoms with E-state index in [-0.39, 0.29) is 11.6 Å². The van der Waals surface area contributed by atoms with Gasteiger partial charge in [0.15, 0.2) is 5.82 Å². The molecule has 1 N–H and O–H groups in total.